The van der Waals surface area contributed by atoms with Crippen LogP contribution in [0.25, 0.3) is 0 Å². The van der Waals surface area contributed by atoms with Gasteiger partial charge < -0.3 is 110 Å². The number of hydrogen-bond acceptors (Lipinski definition) is 23. The summed E-state index contributed by atoms with van der Waals surface area (Å²) in [6, 6.07) is -2.01. The molecule has 14 saturated heterocycles. The molecule has 10 bridgehead atoms. The van der Waals surface area contributed by atoms with E-state index >= 15 is 0 Å². The van der Waals surface area contributed by atoms with Crippen LogP contribution in [0.4, 0.5) is 0 Å². The molecule has 0 saturated carbocycles. The van der Waals surface area contributed by atoms with Gasteiger partial charge in [0.2, 0.25) is 11.6 Å². The SMILES string of the molecule is C=C1[C@H](N)C[C@@H]2CC[C@@H]3O[C@@H](CC[C@@]45OC6C[C@@H](OC7CC[C@H](CC(=O)OC8[C@H](C[C@H]1O2)O[C@H]1C[C@H]2O[C@]9(CC%10O[C@]%11(C[C@H](N)C%12O[C@H](C)[C@H](O)CC%12O%11)C[C@H](N)[C@@H]%10O9)C[C@H]2O[C@H]1[C@@H]8N)OC76)C(O4)C(O)(O)C5O)CC3C. The highest BCUT2D eigenvalue weighted by molar-refractivity contribution is 5.70. The lowest BCUT2D eigenvalue weighted by Crippen LogP contribution is -2.67. The minimum atomic E-state index is -2.62. The van der Waals surface area contributed by atoms with Crippen molar-refractivity contribution in [1.29, 1.82) is 0 Å². The number of esters is 1. The van der Waals surface area contributed by atoms with E-state index < -0.39 is 151 Å². The third kappa shape index (κ3) is 9.15. The Kier molecular flexibility index (Phi) is 13.5. The van der Waals surface area contributed by atoms with Crippen LogP contribution < -0.4 is 22.9 Å². The van der Waals surface area contributed by atoms with Gasteiger partial charge in [-0.1, -0.05) is 13.5 Å². The molecule has 14 aliphatic heterocycles. The van der Waals surface area contributed by atoms with Gasteiger partial charge in [0, 0.05) is 75.9 Å². The molecule has 14 fully saturated rings. The van der Waals surface area contributed by atoms with Gasteiger partial charge in [0.25, 0.3) is 0 Å². The van der Waals surface area contributed by atoms with Gasteiger partial charge in [-0.05, 0) is 63.4 Å². The summed E-state index contributed by atoms with van der Waals surface area (Å²) in [7, 11) is 0. The maximum absolute atomic E-state index is 14.4. The highest BCUT2D eigenvalue weighted by Crippen LogP contribution is 2.55. The van der Waals surface area contributed by atoms with Crippen LogP contribution >= 0.6 is 0 Å². The lowest BCUT2D eigenvalue weighted by Gasteiger charge is -2.54. The molecule has 77 heavy (non-hydrogen) atoms. The summed E-state index contributed by atoms with van der Waals surface area (Å²) in [5.74, 6) is -6.85. The number of fused-ring (bicyclic) bond motifs is 13. The fraction of sp³-hybridized carbons (Fsp3) is 0.944. The van der Waals surface area contributed by atoms with Gasteiger partial charge in [-0.2, -0.15) is 0 Å². The molecule has 14 aliphatic rings. The van der Waals surface area contributed by atoms with E-state index in [0.717, 1.165) is 12.0 Å². The van der Waals surface area contributed by atoms with Crippen molar-refractivity contribution in [3.05, 3.63) is 12.2 Å². The van der Waals surface area contributed by atoms with E-state index in [1.165, 1.54) is 0 Å². The van der Waals surface area contributed by atoms with Crippen molar-refractivity contribution in [2.24, 2.45) is 28.9 Å². The lowest BCUT2D eigenvalue weighted by molar-refractivity contribution is -0.359. The van der Waals surface area contributed by atoms with E-state index in [1.54, 1.807) is 0 Å². The van der Waals surface area contributed by atoms with Crippen LogP contribution in [0, 0.1) is 5.92 Å². The Bertz CT molecular complexity index is 2260. The Hall–Kier alpha value is -1.63. The Morgan fingerprint density at radius 2 is 1.21 bits per heavy atom. The molecule has 0 aromatic heterocycles. The highest BCUT2D eigenvalue weighted by atomic mass is 16.8. The van der Waals surface area contributed by atoms with Crippen molar-refractivity contribution in [2.45, 2.75) is 311 Å². The molecular formula is C54H82N4O19. The number of ether oxygens (including phenoxy) is 14. The first-order chi connectivity index (χ1) is 36.7. The van der Waals surface area contributed by atoms with Crippen molar-refractivity contribution in [2.75, 3.05) is 0 Å². The number of aliphatic hydroxyl groups is 4. The average Bonchev–Trinajstić information content (AvgIpc) is 4.13. The minimum absolute atomic E-state index is 0.0802. The number of nitrogens with two attached hydrogens (primary N) is 4. The van der Waals surface area contributed by atoms with Gasteiger partial charge in [0.1, 0.15) is 30.5 Å². The second-order valence-corrected chi connectivity index (χ2v) is 25.9. The minimum Gasteiger partial charge on any atom is -0.458 e. The summed E-state index contributed by atoms with van der Waals surface area (Å²) >= 11 is 0. The van der Waals surface area contributed by atoms with Crippen LogP contribution in [0.5, 0.6) is 0 Å². The number of rotatable bonds is 0. The fourth-order valence-electron chi connectivity index (χ4n) is 16.7. The Labute approximate surface area is 448 Å². The number of carbonyl (C=O) groups excluding carboxylic acids is 1. The van der Waals surface area contributed by atoms with Gasteiger partial charge in [0.05, 0.1) is 116 Å². The van der Waals surface area contributed by atoms with Crippen LogP contribution in [0.15, 0.2) is 12.2 Å². The van der Waals surface area contributed by atoms with Crippen molar-refractivity contribution in [3.63, 3.8) is 0 Å². The van der Waals surface area contributed by atoms with E-state index in [0.29, 0.717) is 77.0 Å². The molecule has 432 valence electrons. The largest absolute Gasteiger partial charge is 0.458 e. The summed E-state index contributed by atoms with van der Waals surface area (Å²) in [5, 5.41) is 45.0. The summed E-state index contributed by atoms with van der Waals surface area (Å²) < 4.78 is 93.6. The van der Waals surface area contributed by atoms with Gasteiger partial charge >= 0.3 is 5.97 Å². The molecule has 23 heteroatoms. The second kappa shape index (κ2) is 19.5. The first kappa shape index (κ1) is 53.4. The van der Waals surface area contributed by atoms with Crippen LogP contribution in [-0.2, 0) is 71.1 Å². The third-order valence-corrected chi connectivity index (χ3v) is 20.6. The van der Waals surface area contributed by atoms with Gasteiger partial charge in [0.15, 0.2) is 17.7 Å². The van der Waals surface area contributed by atoms with Crippen molar-refractivity contribution in [3.8, 4) is 0 Å². The summed E-state index contributed by atoms with van der Waals surface area (Å²) in [6.07, 6.45) is -6.90. The van der Waals surface area contributed by atoms with Crippen molar-refractivity contribution >= 4 is 5.97 Å². The predicted octanol–water partition coefficient (Wildman–Crippen LogP) is -0.679. The van der Waals surface area contributed by atoms with Crippen LogP contribution in [0.1, 0.15) is 123 Å². The summed E-state index contributed by atoms with van der Waals surface area (Å²) in [5.41, 5.74) is 28.5. The molecule has 31 atom stereocenters. The second-order valence-electron chi connectivity index (χ2n) is 25.9. The highest BCUT2D eigenvalue weighted by Gasteiger charge is 2.71. The lowest BCUT2D eigenvalue weighted by atomic mass is 9.82. The number of hydrogen-bond donors (Lipinski definition) is 8. The molecule has 10 unspecified atom stereocenters. The molecule has 0 aliphatic carbocycles. The van der Waals surface area contributed by atoms with Crippen molar-refractivity contribution in [1.82, 2.24) is 0 Å². The Morgan fingerprint density at radius 1 is 0.532 bits per heavy atom. The molecule has 12 N–H and O–H groups in total. The van der Waals surface area contributed by atoms with Crippen LogP contribution in [0.3, 0.4) is 0 Å². The third-order valence-electron chi connectivity index (χ3n) is 20.6. The standard InChI is InChI=1S/C54H82N4O19/c1-21-10-26-8-9-53-50(61)54(62,63)49(77-53)39-16-38(75-53)46-32(68-39)7-5-25(67-46)12-42(60)71-48-35(14-33-22(2)27(55)11-24(66-33)4-6-31(21)65-26)69-36-15-34-40(70-47(36)43(48)58)19-52(72-34)20-41-45(76-52)29(57)18-51(74-41)17-28(56)44-37(73-51)13-30(59)23(3)64-44/h21,23-41,43-50,59,61-63H,2,4-20,55-58H2,1,3H3/t21?,23-,24+,25-,26+,27-,28+,29+,30-,31+,32?,33-,34-,35+,36+,37?,38?,39-,40-,41?,43+,44?,45+,46?,47-,48?,49?,50?,51-,52-,53-/m1/s1. The van der Waals surface area contributed by atoms with E-state index in [2.05, 4.69) is 13.5 Å². The predicted molar refractivity (Wildman–Crippen MR) is 261 cm³/mol. The van der Waals surface area contributed by atoms with Crippen molar-refractivity contribution < 1.29 is 91.5 Å². The van der Waals surface area contributed by atoms with E-state index in [-0.39, 0.29) is 74.2 Å². The fourth-order valence-corrected chi connectivity index (χ4v) is 16.7. The maximum atomic E-state index is 14.4. The zero-order valence-corrected chi connectivity index (χ0v) is 44.1. The van der Waals surface area contributed by atoms with E-state index in [1.807, 2.05) is 6.92 Å². The average molecular weight is 1090 g/mol. The molecule has 23 nitrogen and oxygen atoms in total. The maximum Gasteiger partial charge on any atom is 0.308 e. The van der Waals surface area contributed by atoms with Gasteiger partial charge in [-0.25, -0.2) is 0 Å². The Balaban J connectivity index is 0.703. The van der Waals surface area contributed by atoms with Crippen LogP contribution in [-0.4, -0.2) is 214 Å². The molecule has 14 rings (SSSR count). The molecule has 0 aromatic carbocycles. The first-order valence-corrected chi connectivity index (χ1v) is 29.1. The summed E-state index contributed by atoms with van der Waals surface area (Å²) in [4.78, 5) is 14.4. The number of aliphatic hydroxyl groups excluding tert-OH is 2. The zero-order valence-electron chi connectivity index (χ0n) is 44.1. The first-order valence-electron chi connectivity index (χ1n) is 29.1. The van der Waals surface area contributed by atoms with Crippen LogP contribution in [0.2, 0.25) is 0 Å². The molecular weight excluding hydrogens is 1010 g/mol. The quantitative estimate of drug-likeness (QED) is 0.0847. The number of carbonyl (C=O) groups is 1. The Morgan fingerprint density at radius 3 is 2.04 bits per heavy atom. The molecule has 14 heterocycles. The molecule has 0 aromatic rings. The topological polar surface area (TPSA) is 331 Å². The molecule has 3 spiro atoms. The normalized spacial score (nSPS) is 58.9. The monoisotopic (exact) mass is 1090 g/mol. The van der Waals surface area contributed by atoms with E-state index in [9.17, 15) is 25.2 Å². The van der Waals surface area contributed by atoms with Gasteiger partial charge in [-0.15, -0.1) is 0 Å². The zero-order chi connectivity index (χ0) is 53.2. The smallest absolute Gasteiger partial charge is 0.308 e. The molecule has 0 radical (unpaired) electrons. The molecule has 0 amide bonds. The summed E-state index contributed by atoms with van der Waals surface area (Å²) in [6.45, 7) is 8.42. The van der Waals surface area contributed by atoms with Gasteiger partial charge in [-0.3, -0.25) is 4.79 Å². The van der Waals surface area contributed by atoms with E-state index in [4.69, 9.17) is 89.3 Å².